The summed E-state index contributed by atoms with van der Waals surface area (Å²) in [4.78, 5) is 36.0. The molecule has 0 bridgehead atoms. The van der Waals surface area contributed by atoms with Crippen LogP contribution in [0.1, 0.15) is 13.8 Å². The first kappa shape index (κ1) is 19.8. The second-order valence-electron chi connectivity index (χ2n) is 5.64. The monoisotopic (exact) mass is 374 g/mol. The summed E-state index contributed by atoms with van der Waals surface area (Å²) >= 11 is 1.35. The van der Waals surface area contributed by atoms with Gasteiger partial charge in [-0.3, -0.25) is 14.4 Å². The first-order valence-electron chi connectivity index (χ1n) is 8.34. The summed E-state index contributed by atoms with van der Waals surface area (Å²) in [6, 6.07) is 13.3. The molecule has 0 aliphatic heterocycles. The van der Waals surface area contributed by atoms with E-state index in [9.17, 15) is 14.4 Å². The number of ether oxygens (including phenoxy) is 1. The predicted molar refractivity (Wildman–Crippen MR) is 102 cm³/mol. The number of likely N-dealkylation sites (N-methyl/N-ethyl adjacent to an activating group) is 1. The van der Waals surface area contributed by atoms with E-state index in [1.54, 1.807) is 13.8 Å². The maximum atomic E-state index is 11.8. The van der Waals surface area contributed by atoms with Crippen LogP contribution >= 0.6 is 11.8 Å². The number of nitrogens with one attached hydrogen (secondary N) is 2. The molecule has 0 heterocycles. The molecule has 2 N–H and O–H groups in total. The van der Waals surface area contributed by atoms with Gasteiger partial charge < -0.3 is 15.4 Å². The number of hydrogen-bond acceptors (Lipinski definition) is 5. The van der Waals surface area contributed by atoms with Crippen LogP contribution in [-0.2, 0) is 19.1 Å². The van der Waals surface area contributed by atoms with E-state index in [1.165, 1.54) is 11.8 Å². The van der Waals surface area contributed by atoms with Crippen LogP contribution in [-0.4, -0.2) is 42.7 Å². The van der Waals surface area contributed by atoms with Gasteiger partial charge in [0.2, 0.25) is 5.91 Å². The maximum Gasteiger partial charge on any atom is 0.316 e. The van der Waals surface area contributed by atoms with Gasteiger partial charge in [0.05, 0.1) is 5.75 Å². The van der Waals surface area contributed by atoms with Gasteiger partial charge in [0.1, 0.15) is 6.04 Å². The van der Waals surface area contributed by atoms with Crippen molar-refractivity contribution in [3.63, 3.8) is 0 Å². The smallest absolute Gasteiger partial charge is 0.316 e. The average molecular weight is 374 g/mol. The number of hydrogen-bond donors (Lipinski definition) is 2. The van der Waals surface area contributed by atoms with Crippen molar-refractivity contribution < 1.29 is 19.1 Å². The molecule has 7 heteroatoms. The summed E-state index contributed by atoms with van der Waals surface area (Å²) < 4.78 is 4.95. The summed E-state index contributed by atoms with van der Waals surface area (Å²) in [6.45, 7) is 3.45. The van der Waals surface area contributed by atoms with Crippen LogP contribution < -0.4 is 10.6 Å². The molecule has 0 aliphatic carbocycles. The van der Waals surface area contributed by atoms with Crippen LogP contribution in [0.2, 0.25) is 0 Å². The molecule has 0 saturated heterocycles. The average Bonchev–Trinajstić information content (AvgIpc) is 2.64. The van der Waals surface area contributed by atoms with Gasteiger partial charge in [-0.25, -0.2) is 0 Å². The van der Waals surface area contributed by atoms with Gasteiger partial charge >= 0.3 is 5.97 Å². The van der Waals surface area contributed by atoms with E-state index in [0.29, 0.717) is 6.54 Å². The third-order valence-corrected chi connectivity index (χ3v) is 4.53. The predicted octanol–water partition coefficient (Wildman–Crippen LogP) is 2.12. The number of fused-ring (bicyclic) bond motifs is 1. The molecule has 2 rings (SSSR count). The largest absolute Gasteiger partial charge is 0.455 e. The zero-order valence-electron chi connectivity index (χ0n) is 14.8. The molecule has 0 fully saturated rings. The Bertz CT molecular complexity index is 794. The zero-order valence-corrected chi connectivity index (χ0v) is 15.6. The number of amides is 2. The lowest BCUT2D eigenvalue weighted by atomic mass is 10.1. The molecule has 138 valence electrons. The van der Waals surface area contributed by atoms with E-state index in [0.717, 1.165) is 15.7 Å². The van der Waals surface area contributed by atoms with Crippen molar-refractivity contribution in [3.8, 4) is 0 Å². The van der Waals surface area contributed by atoms with E-state index in [1.807, 2.05) is 42.5 Å². The molecule has 2 aromatic rings. The van der Waals surface area contributed by atoms with Gasteiger partial charge in [0.15, 0.2) is 6.61 Å². The number of esters is 1. The molecule has 6 nitrogen and oxygen atoms in total. The van der Waals surface area contributed by atoms with E-state index < -0.39 is 24.5 Å². The third-order valence-electron chi connectivity index (χ3n) is 3.56. The number of benzene rings is 2. The minimum atomic E-state index is -0.673. The Hall–Kier alpha value is -2.54. The van der Waals surface area contributed by atoms with E-state index in [-0.39, 0.29) is 11.7 Å². The first-order chi connectivity index (χ1) is 12.5. The van der Waals surface area contributed by atoms with Crippen LogP contribution in [0.4, 0.5) is 0 Å². The molecule has 2 amide bonds. The van der Waals surface area contributed by atoms with Crippen LogP contribution in [0.15, 0.2) is 47.4 Å². The molecule has 0 radical (unpaired) electrons. The highest BCUT2D eigenvalue weighted by molar-refractivity contribution is 8.00. The minimum absolute atomic E-state index is 0.109. The van der Waals surface area contributed by atoms with Crippen molar-refractivity contribution in [2.24, 2.45) is 0 Å². The molecular weight excluding hydrogens is 352 g/mol. The van der Waals surface area contributed by atoms with Crippen molar-refractivity contribution in [1.82, 2.24) is 10.6 Å². The highest BCUT2D eigenvalue weighted by Gasteiger charge is 2.15. The lowest BCUT2D eigenvalue weighted by molar-refractivity contribution is -0.146. The van der Waals surface area contributed by atoms with Crippen LogP contribution in [0.3, 0.4) is 0 Å². The van der Waals surface area contributed by atoms with Gasteiger partial charge in [0, 0.05) is 11.4 Å². The maximum absolute atomic E-state index is 11.8. The van der Waals surface area contributed by atoms with Crippen LogP contribution in [0.5, 0.6) is 0 Å². The fourth-order valence-electron chi connectivity index (χ4n) is 2.26. The normalized spacial score (nSPS) is 11.6. The minimum Gasteiger partial charge on any atom is -0.455 e. The van der Waals surface area contributed by atoms with Gasteiger partial charge in [0.25, 0.3) is 5.91 Å². The summed E-state index contributed by atoms with van der Waals surface area (Å²) in [6.07, 6.45) is 0. The first-order valence-corrected chi connectivity index (χ1v) is 9.32. The highest BCUT2D eigenvalue weighted by Crippen LogP contribution is 2.23. The Morgan fingerprint density at radius 2 is 1.85 bits per heavy atom. The van der Waals surface area contributed by atoms with Crippen molar-refractivity contribution in [3.05, 3.63) is 42.5 Å². The Balaban J connectivity index is 1.74. The van der Waals surface area contributed by atoms with E-state index >= 15 is 0 Å². The fourth-order valence-corrected chi connectivity index (χ4v) is 3.01. The van der Waals surface area contributed by atoms with E-state index in [4.69, 9.17) is 4.74 Å². The van der Waals surface area contributed by atoms with Gasteiger partial charge in [-0.05, 0) is 36.8 Å². The van der Waals surface area contributed by atoms with E-state index in [2.05, 4.69) is 10.6 Å². The number of thioether (sulfide) groups is 1. The van der Waals surface area contributed by atoms with Gasteiger partial charge in [-0.1, -0.05) is 30.3 Å². The lowest BCUT2D eigenvalue weighted by Gasteiger charge is -2.13. The molecule has 1 atom stereocenters. The third kappa shape index (κ3) is 6.07. The van der Waals surface area contributed by atoms with Gasteiger partial charge in [-0.2, -0.15) is 0 Å². The van der Waals surface area contributed by atoms with Crippen molar-refractivity contribution >= 4 is 40.3 Å². The topological polar surface area (TPSA) is 84.5 Å². The SMILES string of the molecule is CCNC(=O)[C@H](C)NC(=O)COC(=O)CSc1ccc2ccccc2c1. The molecular formula is C19H22N2O4S. The fraction of sp³-hybridized carbons (Fsp3) is 0.316. The Labute approximate surface area is 156 Å². The standard InChI is InChI=1S/C19H22N2O4S/c1-3-20-19(24)13(2)21-17(22)11-25-18(23)12-26-16-9-8-14-6-4-5-7-15(14)10-16/h4-10,13H,3,11-12H2,1-2H3,(H,20,24)(H,21,22)/t13-/m0/s1. The molecule has 26 heavy (non-hydrogen) atoms. The molecule has 0 saturated carbocycles. The highest BCUT2D eigenvalue weighted by atomic mass is 32.2. The number of carbonyl (C=O) groups is 3. The Morgan fingerprint density at radius 1 is 1.12 bits per heavy atom. The Morgan fingerprint density at radius 3 is 2.58 bits per heavy atom. The molecule has 2 aromatic carbocycles. The van der Waals surface area contributed by atoms with Crippen LogP contribution in [0.25, 0.3) is 10.8 Å². The number of rotatable bonds is 8. The molecule has 0 aliphatic rings. The molecule has 0 unspecified atom stereocenters. The molecule has 0 spiro atoms. The summed E-state index contributed by atoms with van der Waals surface area (Å²) in [7, 11) is 0. The summed E-state index contributed by atoms with van der Waals surface area (Å²) in [5.41, 5.74) is 0. The second kappa shape index (κ2) is 9.82. The Kier molecular flexibility index (Phi) is 7.47. The number of carbonyl (C=O) groups excluding carboxylic acids is 3. The van der Waals surface area contributed by atoms with Crippen molar-refractivity contribution in [1.29, 1.82) is 0 Å². The quantitative estimate of drug-likeness (QED) is 0.546. The summed E-state index contributed by atoms with van der Waals surface area (Å²) in [5.74, 6) is -1.16. The molecule has 0 aromatic heterocycles. The van der Waals surface area contributed by atoms with Gasteiger partial charge in [-0.15, -0.1) is 11.8 Å². The van der Waals surface area contributed by atoms with Crippen molar-refractivity contribution in [2.45, 2.75) is 24.8 Å². The van der Waals surface area contributed by atoms with Crippen LogP contribution in [0, 0.1) is 0 Å². The second-order valence-corrected chi connectivity index (χ2v) is 6.69. The zero-order chi connectivity index (χ0) is 18.9. The lowest BCUT2D eigenvalue weighted by Crippen LogP contribution is -2.46. The summed E-state index contributed by atoms with van der Waals surface area (Å²) in [5, 5.41) is 7.32. The van der Waals surface area contributed by atoms with Crippen molar-refractivity contribution in [2.75, 3.05) is 18.9 Å².